The number of rotatable bonds is 5. The summed E-state index contributed by atoms with van der Waals surface area (Å²) < 4.78 is 1.61. The van der Waals surface area contributed by atoms with Gasteiger partial charge < -0.3 is 11.1 Å². The molecule has 0 spiro atoms. The zero-order valence-corrected chi connectivity index (χ0v) is 13.2. The molecule has 8 heteroatoms. The van der Waals surface area contributed by atoms with Crippen LogP contribution in [-0.4, -0.2) is 33.3 Å². The van der Waals surface area contributed by atoms with Gasteiger partial charge >= 0.3 is 0 Å². The molecule has 21 heavy (non-hydrogen) atoms. The zero-order valence-electron chi connectivity index (χ0n) is 11.6. The van der Waals surface area contributed by atoms with E-state index in [9.17, 15) is 4.79 Å². The SMILES string of the molecule is CC(N)CCNC(=O)c1cccc(-n2cncn2)c1.Cl.Cl. The number of hydrogen-bond donors (Lipinski definition) is 2. The summed E-state index contributed by atoms with van der Waals surface area (Å²) in [5.41, 5.74) is 7.03. The molecule has 2 aromatic rings. The van der Waals surface area contributed by atoms with E-state index in [1.54, 1.807) is 23.1 Å². The number of nitrogens with two attached hydrogens (primary N) is 1. The molecule has 2 rings (SSSR count). The van der Waals surface area contributed by atoms with Crippen molar-refractivity contribution in [2.24, 2.45) is 5.73 Å². The molecule has 1 aromatic carbocycles. The monoisotopic (exact) mass is 331 g/mol. The predicted molar refractivity (Wildman–Crippen MR) is 86.5 cm³/mol. The van der Waals surface area contributed by atoms with Crippen molar-refractivity contribution in [1.82, 2.24) is 20.1 Å². The van der Waals surface area contributed by atoms with E-state index in [-0.39, 0.29) is 36.8 Å². The number of hydrogen-bond acceptors (Lipinski definition) is 4. The Hall–Kier alpha value is -1.63. The number of nitrogens with zero attached hydrogens (tertiary/aromatic N) is 3. The summed E-state index contributed by atoms with van der Waals surface area (Å²) in [4.78, 5) is 15.8. The Kier molecular flexibility index (Phi) is 8.61. The van der Waals surface area contributed by atoms with Crippen LogP contribution in [0.2, 0.25) is 0 Å². The minimum atomic E-state index is -0.109. The number of halogens is 2. The fourth-order valence-corrected chi connectivity index (χ4v) is 1.65. The van der Waals surface area contributed by atoms with Gasteiger partial charge in [-0.25, -0.2) is 9.67 Å². The van der Waals surface area contributed by atoms with E-state index in [1.165, 1.54) is 6.33 Å². The zero-order chi connectivity index (χ0) is 13.7. The Bertz CT molecular complexity index is 545. The van der Waals surface area contributed by atoms with Crippen molar-refractivity contribution in [3.8, 4) is 5.69 Å². The van der Waals surface area contributed by atoms with Crippen LogP contribution in [0.5, 0.6) is 0 Å². The summed E-state index contributed by atoms with van der Waals surface area (Å²) in [5.74, 6) is -0.109. The van der Waals surface area contributed by atoms with Crippen LogP contribution in [0.4, 0.5) is 0 Å². The molecule has 0 bridgehead atoms. The highest BCUT2D eigenvalue weighted by Crippen LogP contribution is 2.08. The van der Waals surface area contributed by atoms with Crippen molar-refractivity contribution < 1.29 is 4.79 Å². The van der Waals surface area contributed by atoms with Gasteiger partial charge in [0.1, 0.15) is 12.7 Å². The number of carbonyl (C=O) groups is 1. The van der Waals surface area contributed by atoms with E-state index >= 15 is 0 Å². The second kappa shape index (κ2) is 9.33. The first kappa shape index (κ1) is 19.4. The topological polar surface area (TPSA) is 85.8 Å². The number of nitrogens with one attached hydrogen (secondary N) is 1. The van der Waals surface area contributed by atoms with Crippen molar-refractivity contribution >= 4 is 30.7 Å². The molecule has 6 nitrogen and oxygen atoms in total. The Morgan fingerprint density at radius 3 is 2.81 bits per heavy atom. The largest absolute Gasteiger partial charge is 0.352 e. The summed E-state index contributed by atoms with van der Waals surface area (Å²) >= 11 is 0. The van der Waals surface area contributed by atoms with Gasteiger partial charge in [-0.2, -0.15) is 5.10 Å². The Labute approximate surface area is 135 Å². The highest BCUT2D eigenvalue weighted by molar-refractivity contribution is 5.94. The quantitative estimate of drug-likeness (QED) is 0.870. The van der Waals surface area contributed by atoms with Crippen molar-refractivity contribution in [3.05, 3.63) is 42.5 Å². The number of carbonyl (C=O) groups excluding carboxylic acids is 1. The van der Waals surface area contributed by atoms with Gasteiger partial charge in [-0.1, -0.05) is 6.07 Å². The molecule has 116 valence electrons. The van der Waals surface area contributed by atoms with Gasteiger partial charge in [0.25, 0.3) is 5.91 Å². The lowest BCUT2D eigenvalue weighted by Crippen LogP contribution is -2.29. The summed E-state index contributed by atoms with van der Waals surface area (Å²) in [6, 6.07) is 7.31. The molecule has 3 N–H and O–H groups in total. The first-order chi connectivity index (χ1) is 9.16. The Morgan fingerprint density at radius 2 is 2.19 bits per heavy atom. The molecule has 1 unspecified atom stereocenters. The molecule has 0 radical (unpaired) electrons. The molecule has 0 saturated carbocycles. The third kappa shape index (κ3) is 5.71. The molecule has 0 aliphatic heterocycles. The van der Waals surface area contributed by atoms with Gasteiger partial charge in [0.15, 0.2) is 0 Å². The van der Waals surface area contributed by atoms with Crippen molar-refractivity contribution in [3.63, 3.8) is 0 Å². The molecule has 0 aliphatic carbocycles. The first-order valence-corrected chi connectivity index (χ1v) is 6.15. The first-order valence-electron chi connectivity index (χ1n) is 6.15. The van der Waals surface area contributed by atoms with Crippen LogP contribution < -0.4 is 11.1 Å². The van der Waals surface area contributed by atoms with E-state index in [4.69, 9.17) is 5.73 Å². The van der Waals surface area contributed by atoms with Crippen LogP contribution in [0.1, 0.15) is 23.7 Å². The number of benzene rings is 1. The molecule has 1 atom stereocenters. The van der Waals surface area contributed by atoms with Crippen LogP contribution in [-0.2, 0) is 0 Å². The van der Waals surface area contributed by atoms with E-state index in [2.05, 4.69) is 15.4 Å². The summed E-state index contributed by atoms with van der Waals surface area (Å²) in [7, 11) is 0. The number of amides is 1. The van der Waals surface area contributed by atoms with Gasteiger partial charge in [-0.3, -0.25) is 4.79 Å². The van der Waals surface area contributed by atoms with Gasteiger partial charge in [0.2, 0.25) is 0 Å². The molecule has 1 amide bonds. The van der Waals surface area contributed by atoms with Gasteiger partial charge in [0, 0.05) is 18.2 Å². The summed E-state index contributed by atoms with van der Waals surface area (Å²) in [6.07, 6.45) is 3.80. The van der Waals surface area contributed by atoms with Gasteiger partial charge in [0.05, 0.1) is 5.69 Å². The van der Waals surface area contributed by atoms with Gasteiger partial charge in [-0.15, -0.1) is 24.8 Å². The van der Waals surface area contributed by atoms with Crippen LogP contribution in [0.3, 0.4) is 0 Å². The fourth-order valence-electron chi connectivity index (χ4n) is 1.65. The highest BCUT2D eigenvalue weighted by Gasteiger charge is 2.07. The fraction of sp³-hybridized carbons (Fsp3) is 0.308. The summed E-state index contributed by atoms with van der Waals surface area (Å²) in [5, 5.41) is 6.87. The molecular weight excluding hydrogens is 313 g/mol. The second-order valence-corrected chi connectivity index (χ2v) is 4.41. The lowest BCUT2D eigenvalue weighted by Gasteiger charge is -2.08. The van der Waals surface area contributed by atoms with Crippen LogP contribution in [0.15, 0.2) is 36.9 Å². The normalized spacial score (nSPS) is 11.0. The molecule has 0 saturated heterocycles. The maximum absolute atomic E-state index is 12.0. The van der Waals surface area contributed by atoms with E-state index in [1.807, 2.05) is 19.1 Å². The average Bonchev–Trinajstić information content (AvgIpc) is 2.92. The minimum absolute atomic E-state index is 0. The summed E-state index contributed by atoms with van der Waals surface area (Å²) in [6.45, 7) is 2.49. The van der Waals surface area contributed by atoms with Crippen LogP contribution in [0, 0.1) is 0 Å². The van der Waals surface area contributed by atoms with E-state index in [0.717, 1.165) is 12.1 Å². The van der Waals surface area contributed by atoms with Crippen molar-refractivity contribution in [1.29, 1.82) is 0 Å². The molecule has 0 fully saturated rings. The van der Waals surface area contributed by atoms with Crippen molar-refractivity contribution in [2.45, 2.75) is 19.4 Å². The minimum Gasteiger partial charge on any atom is -0.352 e. The van der Waals surface area contributed by atoms with Crippen LogP contribution >= 0.6 is 24.8 Å². The van der Waals surface area contributed by atoms with E-state index in [0.29, 0.717) is 12.1 Å². The van der Waals surface area contributed by atoms with Crippen LogP contribution in [0.25, 0.3) is 5.69 Å². The average molecular weight is 332 g/mol. The maximum Gasteiger partial charge on any atom is 0.251 e. The van der Waals surface area contributed by atoms with Gasteiger partial charge in [-0.05, 0) is 31.5 Å². The Morgan fingerprint density at radius 1 is 1.43 bits per heavy atom. The molecule has 1 aromatic heterocycles. The third-order valence-corrected chi connectivity index (χ3v) is 2.68. The molecular formula is C13H19Cl2N5O. The molecule has 0 aliphatic rings. The smallest absolute Gasteiger partial charge is 0.251 e. The lowest BCUT2D eigenvalue weighted by atomic mass is 10.2. The lowest BCUT2D eigenvalue weighted by molar-refractivity contribution is 0.0953. The second-order valence-electron chi connectivity index (χ2n) is 4.41. The number of aromatic nitrogens is 3. The maximum atomic E-state index is 12.0. The van der Waals surface area contributed by atoms with Crippen molar-refractivity contribution in [2.75, 3.05) is 6.54 Å². The standard InChI is InChI=1S/C13H17N5O.2ClH/c1-10(14)5-6-16-13(19)11-3-2-4-12(7-11)18-9-15-8-17-18;;/h2-4,7-10H,5-6,14H2,1H3,(H,16,19);2*1H. The van der Waals surface area contributed by atoms with E-state index < -0.39 is 0 Å². The molecule has 1 heterocycles. The highest BCUT2D eigenvalue weighted by atomic mass is 35.5. The third-order valence-electron chi connectivity index (χ3n) is 2.68. The Balaban J connectivity index is 0.00000200. The predicted octanol–water partition coefficient (Wildman–Crippen LogP) is 1.58.